The topological polar surface area (TPSA) is 72.9 Å². The highest BCUT2D eigenvalue weighted by Gasteiger charge is 2.25. The molecule has 150 valence electrons. The number of sulfonamides is 1. The fourth-order valence-corrected chi connectivity index (χ4v) is 4.61. The van der Waals surface area contributed by atoms with Crippen LogP contribution in [-0.4, -0.2) is 34.3 Å². The molecule has 0 aliphatic rings. The number of hydrogen-bond donors (Lipinski definition) is 0. The Kier molecular flexibility index (Phi) is 8.31. The number of anilines is 1. The Morgan fingerprint density at radius 1 is 1.07 bits per heavy atom. The Morgan fingerprint density at radius 2 is 1.75 bits per heavy atom. The zero-order chi connectivity index (χ0) is 20.6. The molecule has 0 bridgehead atoms. The van der Waals surface area contributed by atoms with Gasteiger partial charge >= 0.3 is 6.16 Å². The highest BCUT2D eigenvalue weighted by molar-refractivity contribution is 14.1. The second kappa shape index (κ2) is 10.5. The number of nitrogens with zero attached hydrogens (tertiary/aromatic N) is 1. The van der Waals surface area contributed by atoms with Gasteiger partial charge in [0.2, 0.25) is 0 Å². The molecular weight excluding hydrogens is 493 g/mol. The van der Waals surface area contributed by atoms with E-state index < -0.39 is 16.2 Å². The summed E-state index contributed by atoms with van der Waals surface area (Å²) < 4.78 is 38.2. The molecule has 2 aromatic carbocycles. The molecule has 0 aliphatic carbocycles. The summed E-state index contributed by atoms with van der Waals surface area (Å²) in [5, 5.41) is 0. The lowest BCUT2D eigenvalue weighted by Gasteiger charge is -2.24. The van der Waals surface area contributed by atoms with Crippen LogP contribution in [0.1, 0.15) is 12.5 Å². The normalized spacial score (nSPS) is 11.4. The molecule has 0 heterocycles. The molecule has 0 aromatic heterocycles. The summed E-state index contributed by atoms with van der Waals surface area (Å²) in [6.07, 6.45) is 2.48. The summed E-state index contributed by atoms with van der Waals surface area (Å²) >= 11 is 2.11. The van der Waals surface area contributed by atoms with Crippen LogP contribution in [-0.2, 0) is 19.5 Å². The summed E-state index contributed by atoms with van der Waals surface area (Å²) in [5.41, 5.74) is 1.57. The van der Waals surface area contributed by atoms with E-state index in [-0.39, 0.29) is 24.7 Å². The van der Waals surface area contributed by atoms with Gasteiger partial charge in [-0.15, -0.1) is 0 Å². The zero-order valence-electron chi connectivity index (χ0n) is 15.7. The van der Waals surface area contributed by atoms with Gasteiger partial charge in [-0.05, 0) is 66.8 Å². The standard InChI is InChI=1S/C20H22INO5S/c1-3-26-20(23)27-15-7-6-14-22(19-9-5-4-8-18(19)21)28(24,25)17-12-10-16(2)11-13-17/h4-13H,3,14-15H2,1-2H3/b7-6-. The smallest absolute Gasteiger partial charge is 0.435 e. The van der Waals surface area contributed by atoms with Crippen molar-refractivity contribution in [2.24, 2.45) is 0 Å². The van der Waals surface area contributed by atoms with Crippen LogP contribution in [0.25, 0.3) is 0 Å². The molecule has 6 nitrogen and oxygen atoms in total. The SMILES string of the molecule is CCOC(=O)OC/C=C\CN(c1ccccc1I)S(=O)(=O)c1ccc(C)cc1. The lowest BCUT2D eigenvalue weighted by Crippen LogP contribution is -2.32. The predicted octanol–water partition coefficient (Wildman–Crippen LogP) is 4.52. The van der Waals surface area contributed by atoms with Crippen molar-refractivity contribution in [2.45, 2.75) is 18.7 Å². The van der Waals surface area contributed by atoms with E-state index in [1.54, 1.807) is 55.5 Å². The van der Waals surface area contributed by atoms with Gasteiger partial charge in [-0.25, -0.2) is 13.2 Å². The summed E-state index contributed by atoms with van der Waals surface area (Å²) in [4.78, 5) is 11.4. The first kappa shape index (κ1) is 22.2. The number of ether oxygens (including phenoxy) is 2. The maximum atomic E-state index is 13.2. The van der Waals surface area contributed by atoms with Gasteiger partial charge in [0.05, 0.1) is 23.7 Å². The zero-order valence-corrected chi connectivity index (χ0v) is 18.6. The molecule has 0 saturated heterocycles. The fourth-order valence-electron chi connectivity index (χ4n) is 2.33. The maximum absolute atomic E-state index is 13.2. The summed E-state index contributed by atoms with van der Waals surface area (Å²) in [7, 11) is -3.76. The highest BCUT2D eigenvalue weighted by atomic mass is 127. The Bertz CT molecular complexity index is 926. The van der Waals surface area contributed by atoms with Crippen LogP contribution >= 0.6 is 22.6 Å². The summed E-state index contributed by atoms with van der Waals surface area (Å²) in [5.74, 6) is 0. The molecule has 0 atom stereocenters. The highest BCUT2D eigenvalue weighted by Crippen LogP contribution is 2.28. The number of hydrogen-bond acceptors (Lipinski definition) is 5. The van der Waals surface area contributed by atoms with E-state index in [0.717, 1.165) is 9.13 Å². The maximum Gasteiger partial charge on any atom is 0.508 e. The van der Waals surface area contributed by atoms with Gasteiger partial charge in [0.15, 0.2) is 0 Å². The fraction of sp³-hybridized carbons (Fsp3) is 0.250. The number of benzene rings is 2. The molecule has 2 rings (SSSR count). The molecular formula is C20H22INO5S. The minimum atomic E-state index is -3.76. The van der Waals surface area contributed by atoms with Crippen molar-refractivity contribution in [1.82, 2.24) is 0 Å². The van der Waals surface area contributed by atoms with E-state index in [4.69, 9.17) is 4.74 Å². The quantitative estimate of drug-likeness (QED) is 0.294. The molecule has 0 N–H and O–H groups in total. The minimum absolute atomic E-state index is 0.00311. The Hall–Kier alpha value is -2.07. The third-order valence-electron chi connectivity index (χ3n) is 3.73. The van der Waals surface area contributed by atoms with Crippen LogP contribution < -0.4 is 4.31 Å². The first-order valence-electron chi connectivity index (χ1n) is 8.64. The van der Waals surface area contributed by atoms with E-state index >= 15 is 0 Å². The van der Waals surface area contributed by atoms with Crippen LogP contribution in [0, 0.1) is 10.5 Å². The van der Waals surface area contributed by atoms with Gasteiger partial charge in [0, 0.05) is 3.57 Å². The monoisotopic (exact) mass is 515 g/mol. The second-order valence-corrected chi connectivity index (χ2v) is 8.79. The van der Waals surface area contributed by atoms with Gasteiger partial charge in [-0.1, -0.05) is 35.9 Å². The molecule has 0 spiro atoms. The average Bonchev–Trinajstić information content (AvgIpc) is 2.66. The number of carbonyl (C=O) groups is 1. The molecule has 2 aromatic rings. The van der Waals surface area contributed by atoms with Gasteiger partial charge in [-0.2, -0.15) is 0 Å². The van der Waals surface area contributed by atoms with Crippen LogP contribution in [0.4, 0.5) is 10.5 Å². The van der Waals surface area contributed by atoms with Gasteiger partial charge in [0.1, 0.15) is 6.61 Å². The first-order chi connectivity index (χ1) is 13.4. The van der Waals surface area contributed by atoms with Crippen molar-refractivity contribution >= 4 is 44.5 Å². The van der Waals surface area contributed by atoms with Crippen molar-refractivity contribution in [3.05, 3.63) is 69.8 Å². The van der Waals surface area contributed by atoms with Crippen molar-refractivity contribution < 1.29 is 22.7 Å². The van der Waals surface area contributed by atoms with E-state index in [2.05, 4.69) is 27.3 Å². The Labute approximate surface area is 179 Å². The van der Waals surface area contributed by atoms with E-state index in [9.17, 15) is 13.2 Å². The van der Waals surface area contributed by atoms with E-state index in [0.29, 0.717) is 5.69 Å². The van der Waals surface area contributed by atoms with E-state index in [1.165, 1.54) is 4.31 Å². The number of aryl methyl sites for hydroxylation is 1. The lowest BCUT2D eigenvalue weighted by atomic mass is 10.2. The van der Waals surface area contributed by atoms with Crippen LogP contribution in [0.2, 0.25) is 0 Å². The number of rotatable bonds is 8. The summed E-state index contributed by atoms with van der Waals surface area (Å²) in [6.45, 7) is 3.93. The first-order valence-corrected chi connectivity index (χ1v) is 11.2. The molecule has 0 unspecified atom stereocenters. The number of carbonyl (C=O) groups excluding carboxylic acids is 1. The number of para-hydroxylation sites is 1. The third kappa shape index (κ3) is 5.96. The number of halogens is 1. The molecule has 8 heteroatoms. The van der Waals surface area contributed by atoms with Crippen LogP contribution in [0.15, 0.2) is 65.6 Å². The van der Waals surface area contributed by atoms with Crippen molar-refractivity contribution in [3.63, 3.8) is 0 Å². The third-order valence-corrected chi connectivity index (χ3v) is 6.43. The molecule has 0 aliphatic heterocycles. The molecule has 0 fully saturated rings. The summed E-state index contributed by atoms with van der Waals surface area (Å²) in [6, 6.07) is 14.0. The van der Waals surface area contributed by atoms with Crippen molar-refractivity contribution in [1.29, 1.82) is 0 Å². The van der Waals surface area contributed by atoms with Gasteiger partial charge < -0.3 is 9.47 Å². The molecule has 0 amide bonds. The average molecular weight is 515 g/mol. The van der Waals surface area contributed by atoms with Crippen LogP contribution in [0.5, 0.6) is 0 Å². The van der Waals surface area contributed by atoms with Gasteiger partial charge in [0.25, 0.3) is 10.0 Å². The largest absolute Gasteiger partial charge is 0.508 e. The predicted molar refractivity (Wildman–Crippen MR) is 117 cm³/mol. The molecule has 0 radical (unpaired) electrons. The van der Waals surface area contributed by atoms with Crippen molar-refractivity contribution in [2.75, 3.05) is 24.1 Å². The lowest BCUT2D eigenvalue weighted by molar-refractivity contribution is 0.0673. The Balaban J connectivity index is 2.25. The second-order valence-electron chi connectivity index (χ2n) is 5.77. The Morgan fingerprint density at radius 3 is 2.39 bits per heavy atom. The van der Waals surface area contributed by atoms with E-state index in [1.807, 2.05) is 19.1 Å². The van der Waals surface area contributed by atoms with Gasteiger partial charge in [-0.3, -0.25) is 4.31 Å². The van der Waals surface area contributed by atoms with Crippen LogP contribution in [0.3, 0.4) is 0 Å². The minimum Gasteiger partial charge on any atom is -0.435 e. The molecule has 0 saturated carbocycles. The molecule has 28 heavy (non-hydrogen) atoms. The van der Waals surface area contributed by atoms with Crippen molar-refractivity contribution in [3.8, 4) is 0 Å².